The highest BCUT2D eigenvalue weighted by Crippen LogP contribution is 2.44. The number of hydrogen-bond donors (Lipinski definition) is 1. The van der Waals surface area contributed by atoms with E-state index in [4.69, 9.17) is 0 Å². The molecule has 20 heteroatoms. The molecule has 8 nitrogen and oxygen atoms in total. The van der Waals surface area contributed by atoms with Gasteiger partial charge in [-0.15, -0.1) is 22.7 Å². The van der Waals surface area contributed by atoms with Gasteiger partial charge in [-0.1, -0.05) is 48.5 Å². The molecule has 0 aliphatic carbocycles. The minimum absolute atomic E-state index is 0.0188. The van der Waals surface area contributed by atoms with Crippen molar-refractivity contribution < 1.29 is 61.9 Å². The van der Waals surface area contributed by atoms with Gasteiger partial charge in [0, 0.05) is 25.7 Å². The standard InChI is InChI=1S/C20H19F4NO3S2.C19H15F4NO3S2/c1-3-30(27,28)25(11-13-8-9-16(21)15(10-13)20(22,23)24)19-18(12(2)26)14-6-4-5-7-17(14)29-19;1-2-29(26,27)24(10-12-7-8-16(20)15(9-12)19(21,22)23)18-14(11-25)13-5-3-4-6-17(13)28-18/h4-10,12,26H,3,11H2,1-2H3;3-9,11H,2,10H2,1H3/i21-1;20-1. The number of aliphatic hydroxyl groups excluding tert-OH is 1. The van der Waals surface area contributed by atoms with Crippen LogP contribution in [0.15, 0.2) is 84.9 Å². The van der Waals surface area contributed by atoms with E-state index in [0.29, 0.717) is 51.6 Å². The van der Waals surface area contributed by atoms with E-state index in [9.17, 15) is 61.9 Å². The van der Waals surface area contributed by atoms with Crippen molar-refractivity contribution in [2.75, 3.05) is 20.1 Å². The quantitative estimate of drug-likeness (QED) is 0.0967. The van der Waals surface area contributed by atoms with E-state index in [0.717, 1.165) is 48.1 Å². The lowest BCUT2D eigenvalue weighted by Gasteiger charge is -2.25. The molecule has 4 aromatic carbocycles. The molecule has 0 amide bonds. The second-order valence-corrected chi connectivity index (χ2v) is 19.3. The molecule has 1 atom stereocenters. The third kappa shape index (κ3) is 9.88. The van der Waals surface area contributed by atoms with E-state index in [2.05, 4.69) is 0 Å². The summed E-state index contributed by atoms with van der Waals surface area (Å²) in [5.41, 5.74) is -2.48. The van der Waals surface area contributed by atoms with Gasteiger partial charge in [0.05, 0.1) is 47.4 Å². The Morgan fingerprint density at radius 3 is 1.49 bits per heavy atom. The molecule has 0 fully saturated rings. The number of anilines is 2. The van der Waals surface area contributed by atoms with Crippen molar-refractivity contribution in [2.45, 2.75) is 52.3 Å². The van der Waals surface area contributed by atoms with Gasteiger partial charge in [0.15, 0.2) is 6.29 Å². The van der Waals surface area contributed by atoms with Crippen molar-refractivity contribution in [3.8, 4) is 0 Å². The van der Waals surface area contributed by atoms with Crippen LogP contribution in [-0.4, -0.2) is 39.7 Å². The van der Waals surface area contributed by atoms with Gasteiger partial charge in [-0.05, 0) is 68.3 Å². The van der Waals surface area contributed by atoms with E-state index in [1.807, 2.05) is 0 Å². The number of rotatable bonds is 12. The first-order chi connectivity index (χ1) is 27.5. The molecule has 0 radical (unpaired) electrons. The van der Waals surface area contributed by atoms with E-state index in [1.165, 1.54) is 20.8 Å². The third-order valence-electron chi connectivity index (χ3n) is 8.94. The van der Waals surface area contributed by atoms with Crippen LogP contribution in [0.4, 0.5) is 45.1 Å². The lowest BCUT2D eigenvalue weighted by atomic mass is 10.1. The zero-order valence-corrected chi connectivity index (χ0v) is 34.4. The van der Waals surface area contributed by atoms with Gasteiger partial charge >= 0.3 is 12.4 Å². The van der Waals surface area contributed by atoms with Gasteiger partial charge in [0.25, 0.3) is 0 Å². The van der Waals surface area contributed by atoms with Crippen LogP contribution in [-0.2, 0) is 45.5 Å². The van der Waals surface area contributed by atoms with Gasteiger partial charge in [-0.25, -0.2) is 25.6 Å². The van der Waals surface area contributed by atoms with E-state index >= 15 is 0 Å². The van der Waals surface area contributed by atoms with Crippen LogP contribution in [0.25, 0.3) is 20.2 Å². The van der Waals surface area contributed by atoms with Crippen LogP contribution >= 0.6 is 22.7 Å². The van der Waals surface area contributed by atoms with E-state index < -0.39 is 74.4 Å². The highest BCUT2D eigenvalue weighted by Gasteiger charge is 2.36. The summed E-state index contributed by atoms with van der Waals surface area (Å²) in [6, 6.07) is 18.6. The molecule has 0 saturated heterocycles. The molecule has 0 aliphatic rings. The summed E-state index contributed by atoms with van der Waals surface area (Å²) in [7, 11) is -7.86. The first kappa shape index (κ1) is 45.5. The highest BCUT2D eigenvalue weighted by atomic mass is 32.2. The molecule has 1 unspecified atom stereocenters. The Kier molecular flexibility index (Phi) is 13.5. The number of aldehydes is 1. The van der Waals surface area contributed by atoms with Crippen molar-refractivity contribution in [3.05, 3.63) is 130 Å². The Bertz CT molecular complexity index is 2710. The fourth-order valence-electron chi connectivity index (χ4n) is 6.01. The Morgan fingerprint density at radius 1 is 0.661 bits per heavy atom. The van der Waals surface area contributed by atoms with Crippen molar-refractivity contribution in [2.24, 2.45) is 0 Å². The number of sulfonamides is 2. The highest BCUT2D eigenvalue weighted by molar-refractivity contribution is 7.93. The average molecular weight is 905 g/mol. The monoisotopic (exact) mass is 904 g/mol. The Hall–Kier alpha value is -4.63. The van der Waals surface area contributed by atoms with Crippen molar-refractivity contribution in [3.63, 3.8) is 0 Å². The van der Waals surface area contributed by atoms with Crippen LogP contribution in [0.3, 0.4) is 0 Å². The molecule has 0 bridgehead atoms. The van der Waals surface area contributed by atoms with Crippen molar-refractivity contribution in [1.82, 2.24) is 0 Å². The molecular weight excluding hydrogens is 871 g/mol. The number of halogens is 8. The van der Waals surface area contributed by atoms with Crippen LogP contribution in [0.2, 0.25) is 0 Å². The molecule has 6 rings (SSSR count). The fraction of sp³-hybridized carbons (Fsp3) is 0.256. The zero-order chi connectivity index (χ0) is 43.7. The third-order valence-corrected chi connectivity index (χ3v) is 15.0. The number of carbonyl (C=O) groups excluding carboxylic acids is 1. The summed E-state index contributed by atoms with van der Waals surface area (Å²) in [5.74, 6) is -3.50. The maximum absolute atomic E-state index is 13.7. The molecule has 2 heterocycles. The SMILES string of the molecule is CCS(=O)(=O)N(Cc1ccc([18F])c(C(F)(F)F)c1)c1sc2ccccc2c1C(C)O.CCS(=O)(=O)N(Cc1ccc([18F])c(C(F)(F)F)c1)c1sc2ccccc2c1C=O. The van der Waals surface area contributed by atoms with Crippen molar-refractivity contribution in [1.29, 1.82) is 0 Å². The Balaban J connectivity index is 0.000000224. The number of alkyl halides is 6. The van der Waals surface area contributed by atoms with Gasteiger partial charge < -0.3 is 5.11 Å². The molecule has 59 heavy (non-hydrogen) atoms. The number of benzene rings is 4. The summed E-state index contributed by atoms with van der Waals surface area (Å²) >= 11 is 2.18. The lowest BCUT2D eigenvalue weighted by molar-refractivity contribution is -0.140. The largest absolute Gasteiger partial charge is 0.419 e. The second kappa shape index (κ2) is 17.5. The number of fused-ring (bicyclic) bond motifs is 2. The van der Waals surface area contributed by atoms with Gasteiger partial charge in [-0.3, -0.25) is 13.4 Å². The molecule has 2 aromatic heterocycles. The average Bonchev–Trinajstić information content (AvgIpc) is 3.75. The van der Waals surface area contributed by atoms with E-state index in [1.54, 1.807) is 48.5 Å². The lowest BCUT2D eigenvalue weighted by Crippen LogP contribution is -2.32. The van der Waals surface area contributed by atoms with Gasteiger partial charge in [0.2, 0.25) is 20.0 Å². The van der Waals surface area contributed by atoms with Gasteiger partial charge in [-0.2, -0.15) is 26.3 Å². The van der Waals surface area contributed by atoms with Crippen LogP contribution in [0, 0.1) is 11.6 Å². The number of aliphatic hydroxyl groups is 1. The van der Waals surface area contributed by atoms with Crippen LogP contribution < -0.4 is 8.61 Å². The number of carbonyl (C=O) groups is 1. The van der Waals surface area contributed by atoms with Gasteiger partial charge in [0.1, 0.15) is 21.6 Å². The topological polar surface area (TPSA) is 112 Å². The molecule has 0 saturated carbocycles. The summed E-state index contributed by atoms with van der Waals surface area (Å²) in [6.07, 6.45) is -10.3. The molecule has 0 aliphatic heterocycles. The van der Waals surface area contributed by atoms with Crippen LogP contribution in [0.5, 0.6) is 0 Å². The first-order valence-corrected chi connectivity index (χ1v) is 22.3. The predicted molar refractivity (Wildman–Crippen MR) is 214 cm³/mol. The minimum Gasteiger partial charge on any atom is -0.389 e. The molecule has 0 spiro atoms. The molecular formula is C39H34F8N2O6S4. The maximum atomic E-state index is 13.7. The smallest absolute Gasteiger partial charge is 0.389 e. The number of hydrogen-bond acceptors (Lipinski definition) is 8. The summed E-state index contributed by atoms with van der Waals surface area (Å²) in [6.45, 7) is 3.42. The zero-order valence-electron chi connectivity index (χ0n) is 31.1. The second-order valence-electron chi connectivity index (χ2n) is 12.9. The van der Waals surface area contributed by atoms with E-state index in [-0.39, 0.29) is 38.2 Å². The molecule has 6 aromatic rings. The number of thiophene rings is 2. The predicted octanol–water partition coefficient (Wildman–Crippen LogP) is 10.7. The minimum atomic E-state index is -4.92. The Labute approximate surface area is 342 Å². The van der Waals surface area contributed by atoms with Crippen LogP contribution in [0.1, 0.15) is 65.1 Å². The van der Waals surface area contributed by atoms with Crippen molar-refractivity contribution >= 4 is 79.2 Å². The number of nitrogens with zero attached hydrogens (tertiary/aromatic N) is 2. The summed E-state index contributed by atoms with van der Waals surface area (Å²) < 4.78 is 160. The molecule has 316 valence electrons. The molecule has 1 N–H and O–H groups in total. The first-order valence-electron chi connectivity index (χ1n) is 17.4. The Morgan fingerprint density at radius 2 is 1.07 bits per heavy atom. The summed E-state index contributed by atoms with van der Waals surface area (Å²) in [4.78, 5) is 11.7. The normalized spacial score (nSPS) is 12.9. The summed E-state index contributed by atoms with van der Waals surface area (Å²) in [5, 5.41) is 11.9. The maximum Gasteiger partial charge on any atom is 0.419 e. The fourth-order valence-corrected chi connectivity index (χ4v) is 11.2.